The maximum absolute atomic E-state index is 13.2. The lowest BCUT2D eigenvalue weighted by atomic mass is 10.3. The standard InChI is InChI=1S/C8H12F2N2O2/c1-8(10)5-6(11-7(9)12-8)14-4-3-13-2/h5H,3-4H2,1-2H3,(H,11,12). The Balaban J connectivity index is 2.50. The molecule has 1 N–H and O–H groups in total. The average Bonchev–Trinajstić information content (AvgIpc) is 2.00. The lowest BCUT2D eigenvalue weighted by molar-refractivity contribution is 0.0991. The van der Waals surface area contributed by atoms with Gasteiger partial charge in [-0.3, -0.25) is 5.32 Å². The molecular formula is C8H12F2N2O2. The third kappa shape index (κ3) is 3.29. The smallest absolute Gasteiger partial charge is 0.287 e. The third-order valence-electron chi connectivity index (χ3n) is 1.48. The first-order valence-electron chi connectivity index (χ1n) is 4.09. The number of aliphatic imine (C=N–C) groups is 1. The Hall–Kier alpha value is -1.17. The van der Waals surface area contributed by atoms with Crippen molar-refractivity contribution in [2.24, 2.45) is 4.99 Å². The van der Waals surface area contributed by atoms with Gasteiger partial charge in [0.2, 0.25) is 5.79 Å². The minimum absolute atomic E-state index is 0.0135. The zero-order valence-corrected chi connectivity index (χ0v) is 8.01. The van der Waals surface area contributed by atoms with E-state index in [1.165, 1.54) is 7.11 Å². The molecule has 0 aromatic heterocycles. The van der Waals surface area contributed by atoms with Crippen LogP contribution in [0.1, 0.15) is 6.92 Å². The molecule has 0 aromatic carbocycles. The molecule has 80 valence electrons. The highest BCUT2D eigenvalue weighted by atomic mass is 19.2. The van der Waals surface area contributed by atoms with E-state index in [-0.39, 0.29) is 12.5 Å². The fourth-order valence-corrected chi connectivity index (χ4v) is 0.942. The van der Waals surface area contributed by atoms with E-state index >= 15 is 0 Å². The van der Waals surface area contributed by atoms with E-state index in [1.54, 1.807) is 0 Å². The van der Waals surface area contributed by atoms with E-state index in [4.69, 9.17) is 9.47 Å². The fraction of sp³-hybridized carbons (Fsp3) is 0.625. The predicted octanol–water partition coefficient (Wildman–Crippen LogP) is 1.11. The second kappa shape index (κ2) is 4.36. The molecule has 1 aliphatic heterocycles. The van der Waals surface area contributed by atoms with E-state index in [0.29, 0.717) is 6.61 Å². The molecule has 0 aliphatic carbocycles. The number of halogens is 2. The van der Waals surface area contributed by atoms with Crippen molar-refractivity contribution < 1.29 is 18.3 Å². The molecule has 1 rings (SSSR count). The average molecular weight is 206 g/mol. The maximum Gasteiger partial charge on any atom is 0.287 e. The molecule has 0 fully saturated rings. The van der Waals surface area contributed by atoms with Gasteiger partial charge in [0.25, 0.3) is 6.09 Å². The largest absolute Gasteiger partial charge is 0.477 e. The van der Waals surface area contributed by atoms with Gasteiger partial charge >= 0.3 is 0 Å². The van der Waals surface area contributed by atoms with Crippen LogP contribution in [0.4, 0.5) is 8.78 Å². The number of rotatable bonds is 4. The molecule has 1 atom stereocenters. The van der Waals surface area contributed by atoms with Gasteiger partial charge in [0.05, 0.1) is 6.61 Å². The summed E-state index contributed by atoms with van der Waals surface area (Å²) in [6.07, 6.45) is 0.0658. The molecule has 1 heterocycles. The van der Waals surface area contributed by atoms with E-state index in [2.05, 4.69) is 10.3 Å². The molecule has 0 amide bonds. The van der Waals surface area contributed by atoms with Crippen molar-refractivity contribution in [3.63, 3.8) is 0 Å². The van der Waals surface area contributed by atoms with Crippen LogP contribution in [0.3, 0.4) is 0 Å². The van der Waals surface area contributed by atoms with Crippen molar-refractivity contribution in [3.8, 4) is 0 Å². The van der Waals surface area contributed by atoms with Crippen molar-refractivity contribution in [3.05, 3.63) is 12.0 Å². The Bertz CT molecular complexity index is 264. The van der Waals surface area contributed by atoms with Crippen LogP contribution in [-0.4, -0.2) is 32.2 Å². The molecular weight excluding hydrogens is 194 g/mol. The number of nitrogens with one attached hydrogen (secondary N) is 1. The molecule has 0 aromatic rings. The number of nitrogens with zero attached hydrogens (tertiary/aromatic N) is 1. The monoisotopic (exact) mass is 206 g/mol. The van der Waals surface area contributed by atoms with Gasteiger partial charge in [-0.05, 0) is 6.92 Å². The van der Waals surface area contributed by atoms with Crippen LogP contribution in [0.5, 0.6) is 0 Å². The number of methoxy groups -OCH3 is 1. The minimum atomic E-state index is -2.06. The normalized spacial score (nSPS) is 26.3. The molecule has 1 unspecified atom stereocenters. The van der Waals surface area contributed by atoms with Gasteiger partial charge in [-0.2, -0.15) is 9.38 Å². The summed E-state index contributed by atoms with van der Waals surface area (Å²) in [6.45, 7) is 1.70. The molecule has 6 heteroatoms. The number of hydrogen-bond donors (Lipinski definition) is 1. The summed E-state index contributed by atoms with van der Waals surface area (Å²) in [6, 6.07) is 0. The molecule has 0 saturated heterocycles. The Labute approximate surface area is 80.6 Å². The quantitative estimate of drug-likeness (QED) is 0.553. The Morgan fingerprint density at radius 2 is 2.29 bits per heavy atom. The highest BCUT2D eigenvalue weighted by molar-refractivity contribution is 5.75. The van der Waals surface area contributed by atoms with Gasteiger partial charge in [0, 0.05) is 13.2 Å². The molecule has 4 nitrogen and oxygen atoms in total. The zero-order valence-electron chi connectivity index (χ0n) is 8.01. The lowest BCUT2D eigenvalue weighted by Crippen LogP contribution is -2.31. The summed E-state index contributed by atoms with van der Waals surface area (Å²) in [7, 11) is 1.51. The van der Waals surface area contributed by atoms with Crippen LogP contribution in [0.2, 0.25) is 0 Å². The molecule has 1 aliphatic rings. The van der Waals surface area contributed by atoms with Gasteiger partial charge in [-0.15, -0.1) is 0 Å². The van der Waals surface area contributed by atoms with E-state index in [0.717, 1.165) is 13.0 Å². The Kier molecular flexibility index (Phi) is 3.40. The second-order valence-corrected chi connectivity index (χ2v) is 2.90. The predicted molar refractivity (Wildman–Crippen MR) is 47.1 cm³/mol. The zero-order chi connectivity index (χ0) is 10.6. The third-order valence-corrected chi connectivity index (χ3v) is 1.48. The summed E-state index contributed by atoms with van der Waals surface area (Å²) >= 11 is 0. The maximum atomic E-state index is 13.2. The minimum Gasteiger partial charge on any atom is -0.477 e. The van der Waals surface area contributed by atoms with Crippen LogP contribution in [-0.2, 0) is 9.47 Å². The van der Waals surface area contributed by atoms with Crippen LogP contribution < -0.4 is 5.32 Å². The van der Waals surface area contributed by atoms with Crippen molar-refractivity contribution in [1.29, 1.82) is 0 Å². The van der Waals surface area contributed by atoms with Crippen molar-refractivity contribution in [2.75, 3.05) is 20.3 Å². The molecule has 0 radical (unpaired) electrons. The van der Waals surface area contributed by atoms with Gasteiger partial charge in [0.15, 0.2) is 5.88 Å². The van der Waals surface area contributed by atoms with E-state index in [9.17, 15) is 8.78 Å². The SMILES string of the molecule is COCCOC1=CC(C)(F)N=C(F)N1. The summed E-state index contributed by atoms with van der Waals surface area (Å²) in [5, 5.41) is 2.16. The first-order chi connectivity index (χ1) is 6.53. The van der Waals surface area contributed by atoms with Crippen LogP contribution in [0, 0.1) is 0 Å². The molecule has 0 saturated carbocycles. The second-order valence-electron chi connectivity index (χ2n) is 2.90. The van der Waals surface area contributed by atoms with Crippen LogP contribution >= 0.6 is 0 Å². The highest BCUT2D eigenvalue weighted by Gasteiger charge is 2.26. The molecule has 0 bridgehead atoms. The van der Waals surface area contributed by atoms with E-state index in [1.807, 2.05) is 0 Å². The molecule has 0 spiro atoms. The van der Waals surface area contributed by atoms with Gasteiger partial charge in [-0.1, -0.05) is 0 Å². The summed E-state index contributed by atoms with van der Waals surface area (Å²) in [5.41, 5.74) is 0. The van der Waals surface area contributed by atoms with Crippen LogP contribution in [0.25, 0.3) is 0 Å². The molecule has 14 heavy (non-hydrogen) atoms. The summed E-state index contributed by atoms with van der Waals surface area (Å²) < 4.78 is 35.6. The highest BCUT2D eigenvalue weighted by Crippen LogP contribution is 2.19. The summed E-state index contributed by atoms with van der Waals surface area (Å²) in [4.78, 5) is 3.08. The van der Waals surface area contributed by atoms with Gasteiger partial charge < -0.3 is 9.47 Å². The number of ether oxygens (including phenoxy) is 2. The topological polar surface area (TPSA) is 42.9 Å². The first kappa shape index (κ1) is 10.9. The van der Waals surface area contributed by atoms with Crippen molar-refractivity contribution in [1.82, 2.24) is 5.32 Å². The van der Waals surface area contributed by atoms with Crippen molar-refractivity contribution >= 4 is 6.09 Å². The fourth-order valence-electron chi connectivity index (χ4n) is 0.942. The summed E-state index contributed by atoms with van der Waals surface area (Å²) in [5.74, 6) is -2.04. The van der Waals surface area contributed by atoms with Gasteiger partial charge in [-0.25, -0.2) is 4.39 Å². The number of alkyl halides is 1. The van der Waals surface area contributed by atoms with Gasteiger partial charge in [0.1, 0.15) is 6.61 Å². The Morgan fingerprint density at radius 1 is 1.57 bits per heavy atom. The van der Waals surface area contributed by atoms with E-state index < -0.39 is 11.9 Å². The van der Waals surface area contributed by atoms with Crippen molar-refractivity contribution in [2.45, 2.75) is 12.7 Å². The lowest BCUT2D eigenvalue weighted by Gasteiger charge is -2.20. The Morgan fingerprint density at radius 3 is 2.86 bits per heavy atom. The first-order valence-corrected chi connectivity index (χ1v) is 4.09. The van der Waals surface area contributed by atoms with Crippen LogP contribution in [0.15, 0.2) is 17.0 Å². The number of amidine groups is 1. The number of hydrogen-bond acceptors (Lipinski definition) is 4.